The number of nitro groups is 1. The Morgan fingerprint density at radius 2 is 1.81 bits per heavy atom. The van der Waals surface area contributed by atoms with Crippen LogP contribution in [0.3, 0.4) is 0 Å². The van der Waals surface area contributed by atoms with Gasteiger partial charge in [0.05, 0.1) is 21.6 Å². The first-order valence-electron chi connectivity index (χ1n) is 10.5. The first-order chi connectivity index (χ1) is 15.1. The van der Waals surface area contributed by atoms with Crippen LogP contribution >= 0.6 is 0 Å². The molecule has 1 amide bonds. The van der Waals surface area contributed by atoms with Crippen LogP contribution in [0.1, 0.15) is 49.0 Å². The second-order valence-electron chi connectivity index (χ2n) is 8.00. The number of hydrogen-bond donors (Lipinski definition) is 1. The maximum absolute atomic E-state index is 13.1. The third kappa shape index (κ3) is 5.25. The van der Waals surface area contributed by atoms with Crippen LogP contribution in [0.15, 0.2) is 41.3 Å². The van der Waals surface area contributed by atoms with Gasteiger partial charge in [-0.1, -0.05) is 12.5 Å². The van der Waals surface area contributed by atoms with Crippen molar-refractivity contribution in [2.45, 2.75) is 51.0 Å². The molecule has 1 fully saturated rings. The highest BCUT2D eigenvalue weighted by atomic mass is 32.2. The molecule has 9 nitrogen and oxygen atoms in total. The largest absolute Gasteiger partial charge is 0.489 e. The Hall–Kier alpha value is -2.98. The van der Waals surface area contributed by atoms with E-state index in [1.807, 2.05) is 13.8 Å². The Labute approximate surface area is 187 Å². The van der Waals surface area contributed by atoms with Crippen molar-refractivity contribution in [1.29, 1.82) is 0 Å². The van der Waals surface area contributed by atoms with E-state index in [1.54, 1.807) is 6.92 Å². The molecule has 0 bridgehead atoms. The zero-order chi connectivity index (χ0) is 23.5. The number of rotatable bonds is 7. The number of hydrogen-bond acceptors (Lipinski definition) is 6. The fraction of sp³-hybridized carbons (Fsp3) is 0.409. The smallest absolute Gasteiger partial charge is 0.273 e. The lowest BCUT2D eigenvalue weighted by Crippen LogP contribution is -2.35. The molecule has 0 aromatic heterocycles. The Balaban J connectivity index is 1.96. The summed E-state index contributed by atoms with van der Waals surface area (Å²) in [6, 6.07) is 8.53. The Bertz CT molecular complexity index is 1120. The topological polar surface area (TPSA) is 119 Å². The normalized spacial score (nSPS) is 14.9. The van der Waals surface area contributed by atoms with E-state index in [9.17, 15) is 23.3 Å². The average molecular weight is 462 g/mol. The minimum atomic E-state index is -3.72. The van der Waals surface area contributed by atoms with Crippen LogP contribution < -0.4 is 10.1 Å². The van der Waals surface area contributed by atoms with Crippen LogP contribution in [0.4, 0.5) is 11.4 Å². The fourth-order valence-corrected chi connectivity index (χ4v) is 5.06. The van der Waals surface area contributed by atoms with Crippen molar-refractivity contribution in [1.82, 2.24) is 4.31 Å². The molecular formula is C22H27N3O6S. The average Bonchev–Trinajstić information content (AvgIpc) is 2.75. The number of nitro benzene ring substituents is 1. The monoisotopic (exact) mass is 461 g/mol. The zero-order valence-corrected chi connectivity index (χ0v) is 19.1. The number of nitrogens with zero attached hydrogens (tertiary/aromatic N) is 2. The zero-order valence-electron chi connectivity index (χ0n) is 18.3. The van der Waals surface area contributed by atoms with Crippen molar-refractivity contribution >= 4 is 27.3 Å². The second-order valence-corrected chi connectivity index (χ2v) is 9.94. The lowest BCUT2D eigenvalue weighted by molar-refractivity contribution is -0.385. The predicted octanol–water partition coefficient (Wildman–Crippen LogP) is 4.12. The standard InChI is InChI=1S/C22H27N3O6S/c1-15(2)31-21-10-9-18(32(29,30)24-11-5-4-6-12-24)14-19(21)23-22(26)17-8-7-16(3)20(13-17)25(27)28/h7-10,13-15H,4-6,11-12H2,1-3H3,(H,23,26). The van der Waals surface area contributed by atoms with E-state index < -0.39 is 20.9 Å². The highest BCUT2D eigenvalue weighted by molar-refractivity contribution is 7.89. The van der Waals surface area contributed by atoms with Gasteiger partial charge in [-0.2, -0.15) is 4.31 Å². The third-order valence-electron chi connectivity index (χ3n) is 5.18. The van der Waals surface area contributed by atoms with Gasteiger partial charge in [-0.05, 0) is 57.9 Å². The van der Waals surface area contributed by atoms with Crippen molar-refractivity contribution in [3.8, 4) is 5.75 Å². The summed E-state index contributed by atoms with van der Waals surface area (Å²) < 4.78 is 33.4. The van der Waals surface area contributed by atoms with Crippen LogP contribution in [-0.4, -0.2) is 42.7 Å². The summed E-state index contributed by atoms with van der Waals surface area (Å²) in [6.07, 6.45) is 2.40. The minimum absolute atomic E-state index is 0.0562. The molecule has 2 aromatic rings. The van der Waals surface area contributed by atoms with Crippen molar-refractivity contribution in [2.24, 2.45) is 0 Å². The van der Waals surface area contributed by atoms with Crippen molar-refractivity contribution < 1.29 is 22.9 Å². The number of carbonyl (C=O) groups is 1. The summed E-state index contributed by atoms with van der Waals surface area (Å²) in [5.74, 6) is -0.290. The van der Waals surface area contributed by atoms with Crippen LogP contribution in [0.5, 0.6) is 5.75 Å². The highest BCUT2D eigenvalue weighted by Gasteiger charge is 2.27. The van der Waals surface area contributed by atoms with E-state index in [4.69, 9.17) is 4.74 Å². The molecule has 172 valence electrons. The van der Waals surface area contributed by atoms with Gasteiger partial charge in [0.1, 0.15) is 5.75 Å². The SMILES string of the molecule is Cc1ccc(C(=O)Nc2cc(S(=O)(=O)N3CCCCC3)ccc2OC(C)C)cc1[N+](=O)[O-]. The molecule has 1 saturated heterocycles. The number of nitrogens with one attached hydrogen (secondary N) is 1. The van der Waals surface area contributed by atoms with Crippen LogP contribution in [0.2, 0.25) is 0 Å². The molecule has 0 unspecified atom stereocenters. The number of aryl methyl sites for hydroxylation is 1. The molecule has 1 aliphatic heterocycles. The molecule has 1 heterocycles. The summed E-state index contributed by atoms with van der Waals surface area (Å²) in [7, 11) is -3.72. The molecule has 0 spiro atoms. The van der Waals surface area contributed by atoms with Gasteiger partial charge in [-0.25, -0.2) is 8.42 Å². The van der Waals surface area contributed by atoms with Crippen molar-refractivity contribution in [3.05, 3.63) is 57.6 Å². The lowest BCUT2D eigenvalue weighted by atomic mass is 10.1. The van der Waals surface area contributed by atoms with Crippen LogP contribution in [-0.2, 0) is 10.0 Å². The molecule has 2 aromatic carbocycles. The summed E-state index contributed by atoms with van der Waals surface area (Å²) in [5.41, 5.74) is 0.537. The van der Waals surface area contributed by atoms with E-state index in [0.717, 1.165) is 19.3 Å². The van der Waals surface area contributed by atoms with Gasteiger partial charge in [0.15, 0.2) is 0 Å². The Morgan fingerprint density at radius 1 is 1.12 bits per heavy atom. The van der Waals surface area contributed by atoms with E-state index in [1.165, 1.54) is 40.7 Å². The summed E-state index contributed by atoms with van der Waals surface area (Å²) in [4.78, 5) is 23.6. The van der Waals surface area contributed by atoms with E-state index in [2.05, 4.69) is 5.32 Å². The Morgan fingerprint density at radius 3 is 2.44 bits per heavy atom. The van der Waals surface area contributed by atoms with Gasteiger partial charge in [-0.15, -0.1) is 0 Å². The number of sulfonamides is 1. The molecule has 0 aliphatic carbocycles. The second kappa shape index (κ2) is 9.66. The first-order valence-corrected chi connectivity index (χ1v) is 11.9. The molecule has 10 heteroatoms. The number of benzene rings is 2. The van der Waals surface area contributed by atoms with Crippen molar-refractivity contribution in [2.75, 3.05) is 18.4 Å². The molecule has 3 rings (SSSR count). The number of amides is 1. The molecule has 32 heavy (non-hydrogen) atoms. The van der Waals surface area contributed by atoms with Gasteiger partial charge in [0.25, 0.3) is 11.6 Å². The van der Waals surface area contributed by atoms with Crippen LogP contribution in [0, 0.1) is 17.0 Å². The molecule has 0 saturated carbocycles. The lowest BCUT2D eigenvalue weighted by Gasteiger charge is -2.26. The maximum Gasteiger partial charge on any atom is 0.273 e. The highest BCUT2D eigenvalue weighted by Crippen LogP contribution is 2.31. The summed E-state index contributed by atoms with van der Waals surface area (Å²) in [5, 5.41) is 13.9. The van der Waals surface area contributed by atoms with E-state index in [-0.39, 0.29) is 27.9 Å². The number of ether oxygens (including phenoxy) is 1. The summed E-state index contributed by atoms with van der Waals surface area (Å²) >= 11 is 0. The number of piperidine rings is 1. The minimum Gasteiger partial charge on any atom is -0.489 e. The van der Waals surface area contributed by atoms with Gasteiger partial charge >= 0.3 is 0 Å². The van der Waals surface area contributed by atoms with Gasteiger partial charge in [-0.3, -0.25) is 14.9 Å². The molecule has 1 N–H and O–H groups in total. The molecule has 1 aliphatic rings. The Kier molecular flexibility index (Phi) is 7.15. The predicted molar refractivity (Wildman–Crippen MR) is 121 cm³/mol. The summed E-state index contributed by atoms with van der Waals surface area (Å²) in [6.45, 7) is 6.13. The van der Waals surface area contributed by atoms with Gasteiger partial charge in [0.2, 0.25) is 10.0 Å². The van der Waals surface area contributed by atoms with Gasteiger partial charge < -0.3 is 10.1 Å². The molecular weight excluding hydrogens is 434 g/mol. The first kappa shape index (κ1) is 23.7. The molecule has 0 radical (unpaired) electrons. The number of carbonyl (C=O) groups excluding carboxylic acids is 1. The fourth-order valence-electron chi connectivity index (χ4n) is 3.52. The van der Waals surface area contributed by atoms with Gasteiger partial charge in [0, 0.05) is 30.3 Å². The van der Waals surface area contributed by atoms with E-state index in [0.29, 0.717) is 24.4 Å². The quantitative estimate of drug-likeness (QED) is 0.489. The molecule has 0 atom stereocenters. The third-order valence-corrected chi connectivity index (χ3v) is 7.08. The van der Waals surface area contributed by atoms with Crippen LogP contribution in [0.25, 0.3) is 0 Å². The maximum atomic E-state index is 13.1. The number of anilines is 1. The van der Waals surface area contributed by atoms with E-state index >= 15 is 0 Å². The van der Waals surface area contributed by atoms with Crippen molar-refractivity contribution in [3.63, 3.8) is 0 Å².